The second-order valence-electron chi connectivity index (χ2n) is 6.34. The predicted octanol–water partition coefficient (Wildman–Crippen LogP) is 7.44. The van der Waals surface area contributed by atoms with E-state index in [1.54, 1.807) is 11.3 Å². The van der Waals surface area contributed by atoms with Gasteiger partial charge in [-0.15, -0.1) is 11.3 Å². The number of carbonyl (C=O) groups is 1. The Balaban J connectivity index is 1.62. The molecule has 0 bridgehead atoms. The number of halogens is 3. The van der Waals surface area contributed by atoms with Crippen LogP contribution in [0.4, 0.5) is 5.69 Å². The van der Waals surface area contributed by atoms with Gasteiger partial charge in [0.25, 0.3) is 0 Å². The first kappa shape index (κ1) is 21.4. The zero-order valence-corrected chi connectivity index (χ0v) is 19.4. The SMILES string of the molecule is C[C@@H](Sc1nc(-c2cccs2)nc2ccccc12)C(=O)Nc1cc(Cl)c(Cl)cc1Cl. The lowest BCUT2D eigenvalue weighted by molar-refractivity contribution is -0.115. The number of hydrogen-bond acceptors (Lipinski definition) is 5. The molecule has 1 N–H and O–H groups in total. The highest BCUT2D eigenvalue weighted by atomic mass is 35.5. The highest BCUT2D eigenvalue weighted by molar-refractivity contribution is 8.00. The summed E-state index contributed by atoms with van der Waals surface area (Å²) < 4.78 is 0. The number of para-hydroxylation sites is 1. The van der Waals surface area contributed by atoms with Gasteiger partial charge in [0, 0.05) is 5.39 Å². The summed E-state index contributed by atoms with van der Waals surface area (Å²) >= 11 is 21.1. The zero-order valence-electron chi connectivity index (χ0n) is 15.5. The number of hydrogen-bond donors (Lipinski definition) is 1. The van der Waals surface area contributed by atoms with E-state index < -0.39 is 5.25 Å². The average Bonchev–Trinajstić information content (AvgIpc) is 3.26. The van der Waals surface area contributed by atoms with Gasteiger partial charge in [0.1, 0.15) is 5.03 Å². The van der Waals surface area contributed by atoms with Crippen molar-refractivity contribution >= 4 is 80.4 Å². The van der Waals surface area contributed by atoms with Crippen LogP contribution in [0.5, 0.6) is 0 Å². The van der Waals surface area contributed by atoms with Gasteiger partial charge in [-0.2, -0.15) is 0 Å². The van der Waals surface area contributed by atoms with Crippen LogP contribution in [0.3, 0.4) is 0 Å². The molecule has 4 rings (SSSR count). The molecule has 0 saturated carbocycles. The molecule has 0 spiro atoms. The molecule has 0 aliphatic rings. The number of nitrogens with zero attached hydrogens (tertiary/aromatic N) is 2. The summed E-state index contributed by atoms with van der Waals surface area (Å²) in [6.07, 6.45) is 0. The molecule has 1 amide bonds. The first-order valence-corrected chi connectivity index (χ1v) is 11.7. The quantitative estimate of drug-likeness (QED) is 0.178. The Labute approximate surface area is 196 Å². The molecule has 0 aliphatic carbocycles. The van der Waals surface area contributed by atoms with E-state index in [0.29, 0.717) is 26.6 Å². The molecule has 30 heavy (non-hydrogen) atoms. The summed E-state index contributed by atoms with van der Waals surface area (Å²) in [6.45, 7) is 1.81. The number of thiophene rings is 1. The van der Waals surface area contributed by atoms with Gasteiger partial charge in [-0.1, -0.05) is 70.8 Å². The number of aromatic nitrogens is 2. The molecule has 2 aromatic carbocycles. The fourth-order valence-corrected chi connectivity index (χ4v) is 4.92. The number of nitrogens with one attached hydrogen (secondary N) is 1. The number of benzene rings is 2. The Kier molecular flexibility index (Phi) is 6.51. The Bertz CT molecular complexity index is 1230. The molecule has 0 saturated heterocycles. The second kappa shape index (κ2) is 9.12. The van der Waals surface area contributed by atoms with Crippen LogP contribution < -0.4 is 5.32 Å². The third-order valence-electron chi connectivity index (χ3n) is 4.24. The largest absolute Gasteiger partial charge is 0.324 e. The van der Waals surface area contributed by atoms with Crippen molar-refractivity contribution in [1.82, 2.24) is 9.97 Å². The smallest absolute Gasteiger partial charge is 0.237 e. The first-order valence-electron chi connectivity index (χ1n) is 8.85. The Morgan fingerprint density at radius 2 is 1.80 bits per heavy atom. The molecule has 2 heterocycles. The minimum atomic E-state index is -0.440. The molecular formula is C21H14Cl3N3OS2. The van der Waals surface area contributed by atoms with Crippen molar-refractivity contribution in [3.05, 3.63) is 69.0 Å². The average molecular weight is 495 g/mol. The van der Waals surface area contributed by atoms with Crippen LogP contribution in [0.15, 0.2) is 58.9 Å². The van der Waals surface area contributed by atoms with Gasteiger partial charge in [-0.05, 0) is 36.6 Å². The lowest BCUT2D eigenvalue weighted by atomic mass is 10.2. The first-order chi connectivity index (χ1) is 14.4. The van der Waals surface area contributed by atoms with E-state index in [1.165, 1.54) is 23.9 Å². The van der Waals surface area contributed by atoms with Crippen LogP contribution in [0.25, 0.3) is 21.6 Å². The minimum absolute atomic E-state index is 0.222. The maximum Gasteiger partial charge on any atom is 0.237 e. The predicted molar refractivity (Wildman–Crippen MR) is 128 cm³/mol. The van der Waals surface area contributed by atoms with Crippen molar-refractivity contribution in [3.63, 3.8) is 0 Å². The summed E-state index contributed by atoms with van der Waals surface area (Å²) in [4.78, 5) is 23.2. The molecule has 1 atom stereocenters. The molecule has 9 heteroatoms. The normalized spacial score (nSPS) is 12.1. The number of amides is 1. The van der Waals surface area contributed by atoms with E-state index in [-0.39, 0.29) is 5.91 Å². The summed E-state index contributed by atoms with van der Waals surface area (Å²) in [5.41, 5.74) is 1.24. The van der Waals surface area contributed by atoms with E-state index in [2.05, 4.69) is 10.3 Å². The molecule has 0 radical (unpaired) electrons. The summed E-state index contributed by atoms with van der Waals surface area (Å²) in [6, 6.07) is 14.7. The van der Waals surface area contributed by atoms with E-state index in [4.69, 9.17) is 39.8 Å². The van der Waals surface area contributed by atoms with Gasteiger partial charge in [0.05, 0.1) is 36.4 Å². The van der Waals surface area contributed by atoms with Crippen LogP contribution in [0, 0.1) is 0 Å². The Morgan fingerprint density at radius 3 is 2.57 bits per heavy atom. The number of carbonyl (C=O) groups excluding carboxylic acids is 1. The lowest BCUT2D eigenvalue weighted by Gasteiger charge is -2.14. The van der Waals surface area contributed by atoms with Crippen molar-refractivity contribution in [2.24, 2.45) is 0 Å². The van der Waals surface area contributed by atoms with Gasteiger partial charge in [0.15, 0.2) is 5.82 Å². The highest BCUT2D eigenvalue weighted by Crippen LogP contribution is 2.35. The molecule has 0 fully saturated rings. The Morgan fingerprint density at radius 1 is 1.03 bits per heavy atom. The Hall–Kier alpha value is -1.83. The summed E-state index contributed by atoms with van der Waals surface area (Å²) in [5, 5.41) is 6.97. The molecule has 0 unspecified atom stereocenters. The van der Waals surface area contributed by atoms with Crippen LogP contribution in [0.2, 0.25) is 15.1 Å². The van der Waals surface area contributed by atoms with Gasteiger partial charge >= 0.3 is 0 Å². The van der Waals surface area contributed by atoms with Gasteiger partial charge in [-0.25, -0.2) is 9.97 Å². The van der Waals surface area contributed by atoms with E-state index in [1.807, 2.05) is 48.7 Å². The molecule has 4 aromatic rings. The maximum atomic E-state index is 12.8. The number of anilines is 1. The number of rotatable bonds is 5. The van der Waals surface area contributed by atoms with Crippen LogP contribution in [-0.2, 0) is 4.79 Å². The summed E-state index contributed by atoms with van der Waals surface area (Å²) in [7, 11) is 0. The van der Waals surface area contributed by atoms with Crippen molar-refractivity contribution in [3.8, 4) is 10.7 Å². The third-order valence-corrected chi connectivity index (χ3v) is 7.24. The number of thioether (sulfide) groups is 1. The molecule has 2 aromatic heterocycles. The van der Waals surface area contributed by atoms with Gasteiger partial charge < -0.3 is 5.32 Å². The van der Waals surface area contributed by atoms with Crippen molar-refractivity contribution < 1.29 is 4.79 Å². The van der Waals surface area contributed by atoms with Crippen LogP contribution >= 0.6 is 57.9 Å². The van der Waals surface area contributed by atoms with Gasteiger partial charge in [0.2, 0.25) is 5.91 Å². The van der Waals surface area contributed by atoms with E-state index >= 15 is 0 Å². The van der Waals surface area contributed by atoms with Gasteiger partial charge in [-0.3, -0.25) is 4.79 Å². The third kappa shape index (κ3) is 4.58. The van der Waals surface area contributed by atoms with Crippen molar-refractivity contribution in [2.75, 3.05) is 5.32 Å². The molecule has 4 nitrogen and oxygen atoms in total. The van der Waals surface area contributed by atoms with E-state index in [0.717, 1.165) is 20.8 Å². The number of fused-ring (bicyclic) bond motifs is 1. The van der Waals surface area contributed by atoms with E-state index in [9.17, 15) is 4.79 Å². The fraction of sp³-hybridized carbons (Fsp3) is 0.0952. The van der Waals surface area contributed by atoms with Crippen LogP contribution in [0.1, 0.15) is 6.92 Å². The minimum Gasteiger partial charge on any atom is -0.324 e. The molecule has 152 valence electrons. The van der Waals surface area contributed by atoms with Crippen molar-refractivity contribution in [2.45, 2.75) is 17.2 Å². The second-order valence-corrected chi connectivity index (χ2v) is 9.84. The standard InChI is InChI=1S/C21H14Cl3N3OS2/c1-11(20(28)26-17-10-14(23)13(22)9-15(17)24)30-21-12-5-2-3-6-16(12)25-19(27-21)18-7-4-8-29-18/h2-11H,1H3,(H,26,28)/t11-/m1/s1. The topological polar surface area (TPSA) is 54.9 Å². The highest BCUT2D eigenvalue weighted by Gasteiger charge is 2.20. The van der Waals surface area contributed by atoms with Crippen LogP contribution in [-0.4, -0.2) is 21.1 Å². The molecular weight excluding hydrogens is 481 g/mol. The monoisotopic (exact) mass is 493 g/mol. The molecule has 0 aliphatic heterocycles. The maximum absolute atomic E-state index is 12.8. The van der Waals surface area contributed by atoms with Crippen molar-refractivity contribution in [1.29, 1.82) is 0 Å². The summed E-state index contributed by atoms with van der Waals surface area (Å²) in [5.74, 6) is 0.423. The fourth-order valence-electron chi connectivity index (χ4n) is 2.73. The lowest BCUT2D eigenvalue weighted by Crippen LogP contribution is -2.22. The zero-order chi connectivity index (χ0) is 21.3.